The lowest BCUT2D eigenvalue weighted by Gasteiger charge is -2.24. The van der Waals surface area contributed by atoms with Gasteiger partial charge in [0.2, 0.25) is 5.91 Å². The van der Waals surface area contributed by atoms with E-state index in [1.807, 2.05) is 6.92 Å². The number of Topliss-reactive ketones (excluding diaryl/α,β-unsaturated/α-hetero) is 1. The van der Waals surface area contributed by atoms with E-state index < -0.39 is 5.92 Å². The second-order valence-electron chi connectivity index (χ2n) is 6.94. The van der Waals surface area contributed by atoms with Crippen molar-refractivity contribution in [2.75, 3.05) is 19.5 Å². The van der Waals surface area contributed by atoms with Gasteiger partial charge in [-0.3, -0.25) is 9.59 Å². The number of hydrogen-bond acceptors (Lipinski definition) is 5. The van der Waals surface area contributed by atoms with Crippen LogP contribution in [0.25, 0.3) is 5.69 Å². The topological polar surface area (TPSA) is 82.4 Å². The summed E-state index contributed by atoms with van der Waals surface area (Å²) in [4.78, 5) is 26.2. The summed E-state index contributed by atoms with van der Waals surface area (Å²) in [7, 11) is 2.99. The molecule has 30 heavy (non-hydrogen) atoms. The SMILES string of the molecule is COc1cccc(OC)c1C(=O)[C@@H]1CC(=O)Nc2c1c(C)nn2-c1ccc(Cl)cc1. The Labute approximate surface area is 178 Å². The first-order valence-corrected chi connectivity index (χ1v) is 9.73. The van der Waals surface area contributed by atoms with Gasteiger partial charge in [-0.2, -0.15) is 5.10 Å². The van der Waals surface area contributed by atoms with Gasteiger partial charge >= 0.3 is 0 Å². The number of ether oxygens (including phenoxy) is 2. The van der Waals surface area contributed by atoms with E-state index >= 15 is 0 Å². The molecule has 154 valence electrons. The highest BCUT2D eigenvalue weighted by Gasteiger charge is 2.38. The van der Waals surface area contributed by atoms with Crippen LogP contribution in [-0.2, 0) is 4.79 Å². The van der Waals surface area contributed by atoms with Crippen molar-refractivity contribution in [3.05, 3.63) is 64.3 Å². The standard InChI is InChI=1S/C22H20ClN3O4/c1-12-19-15(21(28)20-16(29-2)5-4-6-17(20)30-3)11-18(27)24-22(19)26(25-12)14-9-7-13(23)8-10-14/h4-10,15H,11H2,1-3H3,(H,24,27)/t15-/m1/s1. The van der Waals surface area contributed by atoms with Crippen LogP contribution in [0.1, 0.15) is 34.0 Å². The summed E-state index contributed by atoms with van der Waals surface area (Å²) in [5.41, 5.74) is 2.38. The van der Waals surface area contributed by atoms with Crippen LogP contribution in [0.2, 0.25) is 5.02 Å². The highest BCUT2D eigenvalue weighted by Crippen LogP contribution is 2.41. The van der Waals surface area contributed by atoms with Crippen LogP contribution in [-0.4, -0.2) is 35.7 Å². The molecule has 1 aliphatic heterocycles. The van der Waals surface area contributed by atoms with Gasteiger partial charge in [0.1, 0.15) is 22.9 Å². The molecule has 0 unspecified atom stereocenters. The van der Waals surface area contributed by atoms with Crippen molar-refractivity contribution in [2.45, 2.75) is 19.3 Å². The molecule has 0 aliphatic carbocycles. The number of carbonyl (C=O) groups is 2. The molecule has 1 atom stereocenters. The minimum Gasteiger partial charge on any atom is -0.496 e. The zero-order chi connectivity index (χ0) is 21.4. The fourth-order valence-electron chi connectivity index (χ4n) is 3.81. The normalized spacial score (nSPS) is 15.3. The number of amides is 1. The molecule has 0 saturated carbocycles. The maximum absolute atomic E-state index is 13.6. The molecule has 1 aliphatic rings. The summed E-state index contributed by atoms with van der Waals surface area (Å²) in [6.07, 6.45) is 0.0141. The van der Waals surface area contributed by atoms with Crippen molar-refractivity contribution < 1.29 is 19.1 Å². The van der Waals surface area contributed by atoms with Gasteiger partial charge in [0.15, 0.2) is 5.78 Å². The maximum Gasteiger partial charge on any atom is 0.226 e. The average molecular weight is 426 g/mol. The number of carbonyl (C=O) groups excluding carboxylic acids is 2. The van der Waals surface area contributed by atoms with Crippen molar-refractivity contribution in [1.29, 1.82) is 0 Å². The van der Waals surface area contributed by atoms with Crippen LogP contribution in [0, 0.1) is 6.92 Å². The largest absolute Gasteiger partial charge is 0.496 e. The summed E-state index contributed by atoms with van der Waals surface area (Å²) in [6.45, 7) is 1.82. The minimum absolute atomic E-state index is 0.0141. The second kappa shape index (κ2) is 7.84. The monoisotopic (exact) mass is 425 g/mol. The van der Waals surface area contributed by atoms with Crippen LogP contribution in [0.5, 0.6) is 11.5 Å². The Balaban J connectivity index is 1.85. The predicted molar refractivity (Wildman–Crippen MR) is 113 cm³/mol. The molecule has 3 aromatic rings. The number of aromatic nitrogens is 2. The van der Waals surface area contributed by atoms with E-state index in [-0.39, 0.29) is 18.1 Å². The molecule has 1 aromatic heterocycles. The third-order valence-corrected chi connectivity index (χ3v) is 5.42. The zero-order valence-electron chi connectivity index (χ0n) is 16.7. The number of halogens is 1. The van der Waals surface area contributed by atoms with Gasteiger partial charge in [-0.05, 0) is 43.3 Å². The fourth-order valence-corrected chi connectivity index (χ4v) is 3.93. The highest BCUT2D eigenvalue weighted by molar-refractivity contribution is 6.30. The Bertz CT molecular complexity index is 1120. The van der Waals surface area contributed by atoms with Crippen molar-refractivity contribution in [3.8, 4) is 17.2 Å². The van der Waals surface area contributed by atoms with Crippen LogP contribution in [0.4, 0.5) is 5.82 Å². The Morgan fingerprint density at radius 3 is 2.37 bits per heavy atom. The van der Waals surface area contributed by atoms with E-state index in [1.165, 1.54) is 14.2 Å². The zero-order valence-corrected chi connectivity index (χ0v) is 17.5. The lowest BCUT2D eigenvalue weighted by Crippen LogP contribution is -2.29. The number of ketones is 1. The number of anilines is 1. The predicted octanol–water partition coefficient (Wildman–Crippen LogP) is 4.16. The summed E-state index contributed by atoms with van der Waals surface area (Å²) >= 11 is 5.99. The van der Waals surface area contributed by atoms with E-state index in [9.17, 15) is 9.59 Å². The Kier molecular flexibility index (Phi) is 5.22. The van der Waals surface area contributed by atoms with Crippen LogP contribution < -0.4 is 14.8 Å². The summed E-state index contributed by atoms with van der Waals surface area (Å²) < 4.78 is 12.4. The van der Waals surface area contributed by atoms with Gasteiger partial charge in [-0.15, -0.1) is 0 Å². The number of rotatable bonds is 5. The molecule has 7 nitrogen and oxygen atoms in total. The van der Waals surface area contributed by atoms with Gasteiger partial charge in [-0.25, -0.2) is 4.68 Å². The number of aryl methyl sites for hydroxylation is 1. The number of fused-ring (bicyclic) bond motifs is 1. The number of nitrogens with one attached hydrogen (secondary N) is 1. The Morgan fingerprint density at radius 1 is 1.13 bits per heavy atom. The van der Waals surface area contributed by atoms with Crippen molar-refractivity contribution in [2.24, 2.45) is 0 Å². The minimum atomic E-state index is -0.708. The molecule has 8 heteroatoms. The van der Waals surface area contributed by atoms with Crippen molar-refractivity contribution in [1.82, 2.24) is 9.78 Å². The summed E-state index contributed by atoms with van der Waals surface area (Å²) in [5, 5.41) is 8.05. The Morgan fingerprint density at radius 2 is 1.77 bits per heavy atom. The van der Waals surface area contributed by atoms with Crippen LogP contribution in [0.15, 0.2) is 42.5 Å². The van der Waals surface area contributed by atoms with Crippen LogP contribution >= 0.6 is 11.6 Å². The molecule has 0 radical (unpaired) electrons. The fraction of sp³-hybridized carbons (Fsp3) is 0.227. The second-order valence-corrected chi connectivity index (χ2v) is 7.38. The Hall–Kier alpha value is -3.32. The summed E-state index contributed by atoms with van der Waals surface area (Å²) in [6, 6.07) is 12.2. The van der Waals surface area contributed by atoms with E-state index in [4.69, 9.17) is 21.1 Å². The first-order valence-electron chi connectivity index (χ1n) is 9.35. The maximum atomic E-state index is 13.6. The lowest BCUT2D eigenvalue weighted by molar-refractivity contribution is -0.116. The first-order chi connectivity index (χ1) is 14.4. The van der Waals surface area contributed by atoms with Crippen molar-refractivity contribution >= 4 is 29.1 Å². The van der Waals surface area contributed by atoms with Gasteiger partial charge in [0, 0.05) is 17.0 Å². The quantitative estimate of drug-likeness (QED) is 0.620. The molecule has 0 bridgehead atoms. The van der Waals surface area contributed by atoms with E-state index in [1.54, 1.807) is 47.1 Å². The molecule has 2 aromatic carbocycles. The smallest absolute Gasteiger partial charge is 0.226 e. The number of hydrogen-bond donors (Lipinski definition) is 1. The number of nitrogens with zero attached hydrogens (tertiary/aromatic N) is 2. The van der Waals surface area contributed by atoms with E-state index in [0.29, 0.717) is 39.2 Å². The molecule has 1 amide bonds. The molecular weight excluding hydrogens is 406 g/mol. The lowest BCUT2D eigenvalue weighted by atomic mass is 9.85. The number of methoxy groups -OCH3 is 2. The molecule has 0 saturated heterocycles. The van der Waals surface area contributed by atoms with E-state index in [2.05, 4.69) is 10.4 Å². The average Bonchev–Trinajstić information content (AvgIpc) is 3.08. The van der Waals surface area contributed by atoms with Crippen molar-refractivity contribution in [3.63, 3.8) is 0 Å². The summed E-state index contributed by atoms with van der Waals surface area (Å²) in [5.74, 6) is 0.0616. The third-order valence-electron chi connectivity index (χ3n) is 5.16. The van der Waals surface area contributed by atoms with Gasteiger partial charge < -0.3 is 14.8 Å². The molecule has 0 spiro atoms. The van der Waals surface area contributed by atoms with Crippen LogP contribution in [0.3, 0.4) is 0 Å². The van der Waals surface area contributed by atoms with Gasteiger partial charge in [-0.1, -0.05) is 17.7 Å². The molecule has 0 fully saturated rings. The van der Waals surface area contributed by atoms with Gasteiger partial charge in [0.25, 0.3) is 0 Å². The van der Waals surface area contributed by atoms with E-state index in [0.717, 1.165) is 5.69 Å². The molecular formula is C22H20ClN3O4. The van der Waals surface area contributed by atoms with Gasteiger partial charge in [0.05, 0.1) is 31.5 Å². The molecule has 2 heterocycles. The highest BCUT2D eigenvalue weighted by atomic mass is 35.5. The number of benzene rings is 2. The third kappa shape index (κ3) is 3.31. The molecule has 4 rings (SSSR count). The first kappa shape index (κ1) is 20.0. The molecule has 1 N–H and O–H groups in total.